The molecule has 1 atom stereocenters. The minimum atomic E-state index is 0.0244. The molecule has 4 heteroatoms. The van der Waals surface area contributed by atoms with Crippen molar-refractivity contribution in [3.05, 3.63) is 72.6 Å². The van der Waals surface area contributed by atoms with E-state index in [4.69, 9.17) is 0 Å². The number of nitrogens with one attached hydrogen (secondary N) is 1. The lowest BCUT2D eigenvalue weighted by Crippen LogP contribution is -2.45. The average molecular weight is 331 g/mol. The van der Waals surface area contributed by atoms with Gasteiger partial charge in [-0.3, -0.25) is 9.78 Å². The van der Waals surface area contributed by atoms with Crippen LogP contribution in [0.3, 0.4) is 0 Å². The van der Waals surface area contributed by atoms with Crippen molar-refractivity contribution in [1.82, 2.24) is 9.88 Å². The number of piperidine rings is 1. The van der Waals surface area contributed by atoms with Gasteiger partial charge in [0.05, 0.1) is 0 Å². The summed E-state index contributed by atoms with van der Waals surface area (Å²) in [6.45, 7) is 1.50. The molecule has 1 saturated heterocycles. The summed E-state index contributed by atoms with van der Waals surface area (Å²) < 4.78 is 0. The predicted molar refractivity (Wildman–Crippen MR) is 101 cm³/mol. The van der Waals surface area contributed by atoms with Gasteiger partial charge in [0.2, 0.25) is 0 Å². The van der Waals surface area contributed by atoms with E-state index in [2.05, 4.69) is 22.4 Å². The molecule has 1 aliphatic heterocycles. The minimum absolute atomic E-state index is 0.0244. The SMILES string of the molecule is O=C(c1nccc2ccccc12)N1CCC[C@H](Nc2ccccc2)C1. The average Bonchev–Trinajstić information content (AvgIpc) is 2.68. The van der Waals surface area contributed by atoms with Crippen LogP contribution in [-0.4, -0.2) is 34.9 Å². The highest BCUT2D eigenvalue weighted by atomic mass is 16.2. The highest BCUT2D eigenvalue weighted by Crippen LogP contribution is 2.21. The Hall–Kier alpha value is -2.88. The van der Waals surface area contributed by atoms with E-state index in [0.29, 0.717) is 12.2 Å². The number of amides is 1. The fourth-order valence-corrected chi connectivity index (χ4v) is 3.49. The highest BCUT2D eigenvalue weighted by Gasteiger charge is 2.26. The molecule has 2 heterocycles. The standard InChI is InChI=1S/C21H21N3O/c25-21(20-19-11-5-4-7-16(19)12-13-22-20)24-14-6-10-18(15-24)23-17-8-2-1-3-9-17/h1-5,7-9,11-13,18,23H,6,10,14-15H2/t18-/m0/s1. The molecule has 0 spiro atoms. The van der Waals surface area contributed by atoms with Crippen LogP contribution >= 0.6 is 0 Å². The molecule has 4 rings (SSSR count). The van der Waals surface area contributed by atoms with E-state index in [-0.39, 0.29) is 11.9 Å². The maximum Gasteiger partial charge on any atom is 0.273 e. The monoisotopic (exact) mass is 331 g/mol. The lowest BCUT2D eigenvalue weighted by molar-refractivity contribution is 0.0711. The van der Waals surface area contributed by atoms with Crippen molar-refractivity contribution < 1.29 is 4.79 Å². The lowest BCUT2D eigenvalue weighted by Gasteiger charge is -2.33. The number of anilines is 1. The van der Waals surface area contributed by atoms with Crippen molar-refractivity contribution in [2.45, 2.75) is 18.9 Å². The summed E-state index contributed by atoms with van der Waals surface area (Å²) in [4.78, 5) is 19.4. The summed E-state index contributed by atoms with van der Waals surface area (Å²) in [5.74, 6) is 0.0244. The minimum Gasteiger partial charge on any atom is -0.381 e. The van der Waals surface area contributed by atoms with Crippen molar-refractivity contribution in [2.24, 2.45) is 0 Å². The second-order valence-corrected chi connectivity index (χ2v) is 6.48. The molecule has 1 fully saturated rings. The van der Waals surface area contributed by atoms with Gasteiger partial charge in [0.15, 0.2) is 0 Å². The van der Waals surface area contributed by atoms with Crippen LogP contribution in [0.25, 0.3) is 10.8 Å². The summed E-state index contributed by atoms with van der Waals surface area (Å²) in [6.07, 6.45) is 3.79. The number of rotatable bonds is 3. The Bertz CT molecular complexity index is 873. The van der Waals surface area contributed by atoms with Crippen LogP contribution in [0.15, 0.2) is 66.9 Å². The van der Waals surface area contributed by atoms with Crippen LogP contribution < -0.4 is 5.32 Å². The van der Waals surface area contributed by atoms with Gasteiger partial charge in [-0.1, -0.05) is 42.5 Å². The van der Waals surface area contributed by atoms with E-state index in [1.165, 1.54) is 0 Å². The number of pyridine rings is 1. The van der Waals surface area contributed by atoms with Crippen molar-refractivity contribution in [1.29, 1.82) is 0 Å². The van der Waals surface area contributed by atoms with Crippen molar-refractivity contribution in [2.75, 3.05) is 18.4 Å². The largest absolute Gasteiger partial charge is 0.381 e. The number of nitrogens with zero attached hydrogens (tertiary/aromatic N) is 2. The van der Waals surface area contributed by atoms with Crippen LogP contribution in [0.1, 0.15) is 23.3 Å². The first-order valence-electron chi connectivity index (χ1n) is 8.76. The highest BCUT2D eigenvalue weighted by molar-refractivity contribution is 6.05. The number of hydrogen-bond donors (Lipinski definition) is 1. The first kappa shape index (κ1) is 15.6. The fourth-order valence-electron chi connectivity index (χ4n) is 3.49. The molecule has 0 unspecified atom stereocenters. The second kappa shape index (κ2) is 6.93. The zero-order valence-corrected chi connectivity index (χ0v) is 14.1. The van der Waals surface area contributed by atoms with Crippen molar-refractivity contribution >= 4 is 22.4 Å². The maximum absolute atomic E-state index is 13.0. The topological polar surface area (TPSA) is 45.2 Å². The van der Waals surface area contributed by atoms with Gasteiger partial charge in [0.1, 0.15) is 5.69 Å². The molecular weight excluding hydrogens is 310 g/mol. The molecule has 0 bridgehead atoms. The van der Waals surface area contributed by atoms with E-state index >= 15 is 0 Å². The quantitative estimate of drug-likeness (QED) is 0.790. The van der Waals surface area contributed by atoms with Crippen LogP contribution in [0.4, 0.5) is 5.69 Å². The maximum atomic E-state index is 13.0. The second-order valence-electron chi connectivity index (χ2n) is 6.48. The Morgan fingerprint density at radius 3 is 2.72 bits per heavy atom. The molecule has 4 nitrogen and oxygen atoms in total. The zero-order valence-electron chi connectivity index (χ0n) is 14.1. The molecule has 2 aromatic carbocycles. The number of carbonyl (C=O) groups excluding carboxylic acids is 1. The summed E-state index contributed by atoms with van der Waals surface area (Å²) in [7, 11) is 0. The molecule has 1 amide bonds. The molecule has 126 valence electrons. The number of fused-ring (bicyclic) bond motifs is 1. The Balaban J connectivity index is 1.53. The van der Waals surface area contributed by atoms with Crippen LogP contribution in [0, 0.1) is 0 Å². The molecule has 3 aromatic rings. The van der Waals surface area contributed by atoms with Gasteiger partial charge in [0.25, 0.3) is 5.91 Å². The molecule has 1 aromatic heterocycles. The Morgan fingerprint density at radius 1 is 1.04 bits per heavy atom. The molecule has 0 aliphatic carbocycles. The third-order valence-corrected chi connectivity index (χ3v) is 4.73. The van der Waals surface area contributed by atoms with Gasteiger partial charge in [-0.25, -0.2) is 0 Å². The van der Waals surface area contributed by atoms with Crippen LogP contribution in [-0.2, 0) is 0 Å². The number of carbonyl (C=O) groups is 1. The molecule has 1 N–H and O–H groups in total. The Labute approximate surface area is 147 Å². The van der Waals surface area contributed by atoms with Crippen LogP contribution in [0.2, 0.25) is 0 Å². The normalized spacial score (nSPS) is 17.4. The summed E-state index contributed by atoms with van der Waals surface area (Å²) in [6, 6.07) is 20.3. The molecule has 0 radical (unpaired) electrons. The third kappa shape index (κ3) is 3.33. The van der Waals surface area contributed by atoms with Gasteiger partial charge in [-0.2, -0.15) is 0 Å². The van der Waals surface area contributed by atoms with Crippen molar-refractivity contribution in [3.8, 4) is 0 Å². The number of para-hydroxylation sites is 1. The number of likely N-dealkylation sites (tertiary alicyclic amines) is 1. The van der Waals surface area contributed by atoms with Gasteiger partial charge in [-0.05, 0) is 36.4 Å². The Kier molecular flexibility index (Phi) is 4.34. The van der Waals surface area contributed by atoms with E-state index in [0.717, 1.165) is 35.8 Å². The predicted octanol–water partition coefficient (Wildman–Crippen LogP) is 3.95. The number of benzene rings is 2. The summed E-state index contributed by atoms with van der Waals surface area (Å²) in [5.41, 5.74) is 1.66. The molecular formula is C21H21N3O. The first-order chi connectivity index (χ1) is 12.3. The molecule has 0 saturated carbocycles. The first-order valence-corrected chi connectivity index (χ1v) is 8.76. The van der Waals surface area contributed by atoms with E-state index in [1.54, 1.807) is 6.20 Å². The van der Waals surface area contributed by atoms with Crippen LogP contribution in [0.5, 0.6) is 0 Å². The Morgan fingerprint density at radius 2 is 1.84 bits per heavy atom. The van der Waals surface area contributed by atoms with E-state index in [9.17, 15) is 4.79 Å². The third-order valence-electron chi connectivity index (χ3n) is 4.73. The van der Waals surface area contributed by atoms with E-state index < -0.39 is 0 Å². The summed E-state index contributed by atoms with van der Waals surface area (Å²) >= 11 is 0. The zero-order chi connectivity index (χ0) is 17.1. The van der Waals surface area contributed by atoms with Gasteiger partial charge >= 0.3 is 0 Å². The van der Waals surface area contributed by atoms with Gasteiger partial charge in [-0.15, -0.1) is 0 Å². The molecule has 25 heavy (non-hydrogen) atoms. The fraction of sp³-hybridized carbons (Fsp3) is 0.238. The lowest BCUT2D eigenvalue weighted by atomic mass is 10.0. The number of hydrogen-bond acceptors (Lipinski definition) is 3. The smallest absolute Gasteiger partial charge is 0.273 e. The summed E-state index contributed by atoms with van der Waals surface area (Å²) in [5, 5.41) is 5.52. The van der Waals surface area contributed by atoms with Crippen molar-refractivity contribution in [3.63, 3.8) is 0 Å². The number of aromatic nitrogens is 1. The van der Waals surface area contributed by atoms with Gasteiger partial charge < -0.3 is 10.2 Å². The van der Waals surface area contributed by atoms with E-state index in [1.807, 2.05) is 53.4 Å². The molecule has 1 aliphatic rings. The van der Waals surface area contributed by atoms with Gasteiger partial charge in [0, 0.05) is 36.4 Å².